The molecule has 0 atom stereocenters. The summed E-state index contributed by atoms with van der Waals surface area (Å²) in [5.74, 6) is -0.498. The molecule has 3 aliphatic heterocycles. The molecular formula is C33H51BrN4O6S2. The minimum Gasteiger partial charge on any atom is -0.465 e. The van der Waals surface area contributed by atoms with Crippen molar-refractivity contribution in [2.75, 3.05) is 102 Å². The number of likely N-dealkylation sites (N-methyl/N-ethyl adjacent to an activating group) is 1. The van der Waals surface area contributed by atoms with Crippen molar-refractivity contribution in [2.24, 2.45) is 0 Å². The van der Waals surface area contributed by atoms with Gasteiger partial charge in [0.05, 0.1) is 39.1 Å². The third kappa shape index (κ3) is 8.38. The van der Waals surface area contributed by atoms with Crippen LogP contribution in [0.3, 0.4) is 0 Å². The van der Waals surface area contributed by atoms with Crippen molar-refractivity contribution >= 4 is 65.5 Å². The van der Waals surface area contributed by atoms with Crippen molar-refractivity contribution in [3.05, 3.63) is 26.0 Å². The molecule has 10 nitrogen and oxygen atoms in total. The third-order valence-electron chi connectivity index (χ3n) is 9.22. The average molecular weight is 744 g/mol. The summed E-state index contributed by atoms with van der Waals surface area (Å²) in [7, 11) is 5.04. The number of hydrogen-bond donors (Lipinski definition) is 0. The first-order valence-corrected chi connectivity index (χ1v) is 18.8. The van der Waals surface area contributed by atoms with Crippen molar-refractivity contribution in [1.82, 2.24) is 4.90 Å². The van der Waals surface area contributed by atoms with E-state index in [4.69, 9.17) is 18.9 Å². The van der Waals surface area contributed by atoms with E-state index in [-0.39, 0.29) is 11.9 Å². The van der Waals surface area contributed by atoms with Gasteiger partial charge >= 0.3 is 11.9 Å². The van der Waals surface area contributed by atoms with Gasteiger partial charge in [0.2, 0.25) is 0 Å². The quantitative estimate of drug-likeness (QED) is 0.277. The molecule has 0 amide bonds. The summed E-state index contributed by atoms with van der Waals surface area (Å²) in [5.41, 5.74) is 3.46. The Hall–Kier alpha value is -1.90. The van der Waals surface area contributed by atoms with Gasteiger partial charge < -0.3 is 38.5 Å². The van der Waals surface area contributed by atoms with Gasteiger partial charge in [0.25, 0.3) is 0 Å². The van der Waals surface area contributed by atoms with Crippen LogP contribution >= 0.6 is 38.6 Å². The number of hydrogen-bond acceptors (Lipinski definition) is 12. The van der Waals surface area contributed by atoms with E-state index in [1.807, 2.05) is 6.92 Å². The maximum Gasteiger partial charge on any atom is 0.341 e. The lowest BCUT2D eigenvalue weighted by Gasteiger charge is -2.35. The minimum atomic E-state index is -0.278. The number of methoxy groups -OCH3 is 2. The zero-order valence-electron chi connectivity index (χ0n) is 28.5. The van der Waals surface area contributed by atoms with Gasteiger partial charge in [-0.15, -0.1) is 11.3 Å². The molecule has 0 radical (unpaired) electrons. The zero-order valence-corrected chi connectivity index (χ0v) is 31.7. The Balaban J connectivity index is 0.000000216. The molecule has 46 heavy (non-hydrogen) atoms. The summed E-state index contributed by atoms with van der Waals surface area (Å²) in [6.07, 6.45) is 4.16. The molecule has 0 unspecified atom stereocenters. The number of thiophene rings is 2. The van der Waals surface area contributed by atoms with Crippen LogP contribution in [0.5, 0.6) is 0 Å². The second-order valence-electron chi connectivity index (χ2n) is 11.9. The monoisotopic (exact) mass is 742 g/mol. The Morgan fingerprint density at radius 1 is 0.783 bits per heavy atom. The Morgan fingerprint density at radius 2 is 1.22 bits per heavy atom. The molecular weight excluding hydrogens is 692 g/mol. The Kier molecular flexibility index (Phi) is 14.0. The second-order valence-corrected chi connectivity index (χ2v) is 15.2. The van der Waals surface area contributed by atoms with Crippen LogP contribution in [0.1, 0.15) is 71.4 Å². The van der Waals surface area contributed by atoms with Crippen LogP contribution < -0.4 is 14.7 Å². The first-order chi connectivity index (χ1) is 22.2. The molecule has 0 N–H and O–H groups in total. The molecule has 3 aliphatic rings. The van der Waals surface area contributed by atoms with E-state index in [1.54, 1.807) is 22.7 Å². The van der Waals surface area contributed by atoms with E-state index >= 15 is 0 Å². The van der Waals surface area contributed by atoms with E-state index < -0.39 is 0 Å². The van der Waals surface area contributed by atoms with Gasteiger partial charge in [0.1, 0.15) is 5.00 Å². The van der Waals surface area contributed by atoms with Crippen LogP contribution in [-0.4, -0.2) is 116 Å². The number of piperazine rings is 1. The van der Waals surface area contributed by atoms with Crippen LogP contribution in [0.15, 0.2) is 3.79 Å². The molecule has 0 saturated carbocycles. The number of esters is 2. The van der Waals surface area contributed by atoms with Crippen LogP contribution in [0, 0.1) is 13.8 Å². The Morgan fingerprint density at radius 3 is 1.67 bits per heavy atom. The first kappa shape index (κ1) is 36.9. The van der Waals surface area contributed by atoms with E-state index in [0.29, 0.717) is 17.6 Å². The number of nitrogens with zero attached hydrogens (tertiary/aromatic N) is 4. The fourth-order valence-electron chi connectivity index (χ4n) is 6.54. The van der Waals surface area contributed by atoms with Crippen molar-refractivity contribution in [3.8, 4) is 0 Å². The summed E-state index contributed by atoms with van der Waals surface area (Å²) in [4.78, 5) is 34.0. The smallest absolute Gasteiger partial charge is 0.341 e. The van der Waals surface area contributed by atoms with Crippen molar-refractivity contribution in [1.29, 1.82) is 0 Å². The summed E-state index contributed by atoms with van der Waals surface area (Å²) in [6, 6.07) is 0.973. The minimum absolute atomic E-state index is 0.220. The topological polar surface area (TPSA) is 84.0 Å². The fraction of sp³-hybridized carbons (Fsp3) is 0.697. The molecule has 0 aliphatic carbocycles. The number of ether oxygens (including phenoxy) is 4. The molecule has 13 heteroatoms. The predicted molar refractivity (Wildman–Crippen MR) is 192 cm³/mol. The average Bonchev–Trinajstić information content (AvgIpc) is 3.57. The predicted octanol–water partition coefficient (Wildman–Crippen LogP) is 6.21. The van der Waals surface area contributed by atoms with E-state index in [0.717, 1.165) is 122 Å². The van der Waals surface area contributed by atoms with Crippen LogP contribution in [-0.2, 0) is 18.9 Å². The standard InChI is InChI=1S/C19H31N3O3S.C14H20BrNO3S/c1-5-22(15-6-12-25-13-7-15)17-14(2)16(19(23)24-4)18(26-17)21-10-8-20(3)9-11-21;1-4-16(10-5-7-19-8-6-10)13-9(2)11(12(15)20-13)14(17)18-3/h15H,5-13H2,1-4H3;10H,4-8H2,1-3H3. The van der Waals surface area contributed by atoms with E-state index in [9.17, 15) is 9.59 Å². The lowest BCUT2D eigenvalue weighted by molar-refractivity contribution is 0.0591. The molecule has 0 bridgehead atoms. The highest BCUT2D eigenvalue weighted by molar-refractivity contribution is 9.11. The summed E-state index contributed by atoms with van der Waals surface area (Å²) >= 11 is 6.86. The SMILES string of the molecule is CCN(c1sc(Br)c(C(=O)OC)c1C)C1CCOCC1.CCN(c1sc(N2CCN(C)CC2)c(C(=O)OC)c1C)C1CCOCC1. The van der Waals surface area contributed by atoms with Gasteiger partial charge in [0, 0.05) is 83.3 Å². The highest BCUT2D eigenvalue weighted by atomic mass is 79.9. The molecule has 5 rings (SSSR count). The second kappa shape index (κ2) is 17.5. The highest BCUT2D eigenvalue weighted by Crippen LogP contribution is 2.44. The van der Waals surface area contributed by atoms with Gasteiger partial charge in [-0.3, -0.25) is 0 Å². The normalized spacial score (nSPS) is 18.1. The van der Waals surface area contributed by atoms with Crippen LogP contribution in [0.25, 0.3) is 0 Å². The van der Waals surface area contributed by atoms with Crippen molar-refractivity contribution in [2.45, 2.75) is 65.5 Å². The number of halogens is 1. The van der Waals surface area contributed by atoms with Gasteiger partial charge in [-0.2, -0.15) is 0 Å². The largest absolute Gasteiger partial charge is 0.465 e. The van der Waals surface area contributed by atoms with Gasteiger partial charge in [-0.05, 0) is 81.9 Å². The van der Waals surface area contributed by atoms with Crippen LogP contribution in [0.2, 0.25) is 0 Å². The summed E-state index contributed by atoms with van der Waals surface area (Å²) < 4.78 is 21.8. The lowest BCUT2D eigenvalue weighted by Crippen LogP contribution is -2.44. The summed E-state index contributed by atoms with van der Waals surface area (Å²) in [6.45, 7) is 17.5. The van der Waals surface area contributed by atoms with Crippen LogP contribution in [0.4, 0.5) is 15.0 Å². The zero-order chi connectivity index (χ0) is 33.4. The third-order valence-corrected chi connectivity index (χ3v) is 12.6. The molecule has 3 fully saturated rings. The molecule has 3 saturated heterocycles. The number of carbonyl (C=O) groups excluding carboxylic acids is 2. The molecule has 0 aromatic carbocycles. The molecule has 5 heterocycles. The Bertz CT molecular complexity index is 1300. The molecule has 2 aromatic heterocycles. The number of rotatable bonds is 9. The number of carbonyl (C=O) groups is 2. The van der Waals surface area contributed by atoms with E-state index in [2.05, 4.69) is 63.3 Å². The highest BCUT2D eigenvalue weighted by Gasteiger charge is 2.32. The van der Waals surface area contributed by atoms with Crippen molar-refractivity contribution in [3.63, 3.8) is 0 Å². The maximum absolute atomic E-state index is 12.6. The van der Waals surface area contributed by atoms with Gasteiger partial charge in [-0.1, -0.05) is 11.3 Å². The lowest BCUT2D eigenvalue weighted by atomic mass is 10.1. The molecule has 258 valence electrons. The molecule has 0 spiro atoms. The maximum atomic E-state index is 12.6. The van der Waals surface area contributed by atoms with Gasteiger partial charge in [0.15, 0.2) is 0 Å². The van der Waals surface area contributed by atoms with E-state index in [1.165, 1.54) is 19.2 Å². The first-order valence-electron chi connectivity index (χ1n) is 16.4. The molecule has 2 aromatic rings. The van der Waals surface area contributed by atoms with Gasteiger partial charge in [-0.25, -0.2) is 9.59 Å². The van der Waals surface area contributed by atoms with Crippen molar-refractivity contribution < 1.29 is 28.5 Å². The fourth-order valence-corrected chi connectivity index (χ4v) is 10.1. The Labute approximate surface area is 291 Å². The summed E-state index contributed by atoms with van der Waals surface area (Å²) in [5, 5.41) is 3.45. The number of anilines is 3.